The summed E-state index contributed by atoms with van der Waals surface area (Å²) >= 11 is 1.74. The first-order valence-electron chi connectivity index (χ1n) is 5.24. The van der Waals surface area contributed by atoms with Crippen LogP contribution in [0.4, 0.5) is 0 Å². The summed E-state index contributed by atoms with van der Waals surface area (Å²) in [6.07, 6.45) is 5.21. The molecule has 0 aliphatic carbocycles. The Morgan fingerprint density at radius 1 is 1.56 bits per heavy atom. The number of nitrogens with one attached hydrogen (secondary N) is 1. The molecule has 2 aromatic heterocycles. The van der Waals surface area contributed by atoms with Crippen molar-refractivity contribution in [3.8, 4) is 0 Å². The number of hydrogen-bond donors (Lipinski definition) is 1. The molecule has 0 aliphatic heterocycles. The fourth-order valence-corrected chi connectivity index (χ4v) is 2.23. The second kappa shape index (κ2) is 5.18. The lowest BCUT2D eigenvalue weighted by molar-refractivity contribution is 0.510. The van der Waals surface area contributed by atoms with Gasteiger partial charge in [0.15, 0.2) is 0 Å². The molecule has 1 unspecified atom stereocenters. The van der Waals surface area contributed by atoms with Gasteiger partial charge in [0.2, 0.25) is 0 Å². The minimum atomic E-state index is 0.342. The highest BCUT2D eigenvalue weighted by molar-refractivity contribution is 7.11. The molecule has 1 atom stereocenters. The summed E-state index contributed by atoms with van der Waals surface area (Å²) in [6, 6.07) is 0.342. The molecule has 2 heterocycles. The molecule has 0 saturated heterocycles. The van der Waals surface area contributed by atoms with E-state index in [0.29, 0.717) is 6.04 Å². The van der Waals surface area contributed by atoms with Gasteiger partial charge >= 0.3 is 0 Å². The predicted octanol–water partition coefficient (Wildman–Crippen LogP) is 1.39. The second-order valence-electron chi connectivity index (χ2n) is 3.62. The van der Waals surface area contributed by atoms with Gasteiger partial charge in [-0.05, 0) is 13.8 Å². The third-order valence-corrected chi connectivity index (χ3v) is 3.42. The molecular weight excluding hydrogens is 222 g/mol. The maximum absolute atomic E-state index is 4.25. The minimum Gasteiger partial charge on any atom is -0.308 e. The molecule has 2 aromatic rings. The van der Waals surface area contributed by atoms with E-state index in [-0.39, 0.29) is 0 Å². The van der Waals surface area contributed by atoms with Crippen molar-refractivity contribution in [1.82, 2.24) is 25.1 Å². The van der Waals surface area contributed by atoms with Gasteiger partial charge in [-0.15, -0.1) is 11.3 Å². The number of rotatable bonds is 5. The molecule has 0 amide bonds. The molecular formula is C10H15N5S. The molecule has 0 aromatic carbocycles. The van der Waals surface area contributed by atoms with Gasteiger partial charge in [-0.3, -0.25) is 4.68 Å². The summed E-state index contributed by atoms with van der Waals surface area (Å²) < 4.78 is 1.82. The van der Waals surface area contributed by atoms with Crippen molar-refractivity contribution in [3.05, 3.63) is 28.7 Å². The van der Waals surface area contributed by atoms with Gasteiger partial charge in [0.05, 0.1) is 11.6 Å². The highest BCUT2D eigenvalue weighted by Crippen LogP contribution is 2.19. The molecule has 0 fully saturated rings. The van der Waals surface area contributed by atoms with Gasteiger partial charge in [-0.1, -0.05) is 0 Å². The van der Waals surface area contributed by atoms with E-state index >= 15 is 0 Å². The SMILES string of the molecule is Cc1ncc(C(C)NCCn2cncn2)s1. The van der Waals surface area contributed by atoms with Crippen LogP contribution in [0.2, 0.25) is 0 Å². The highest BCUT2D eigenvalue weighted by atomic mass is 32.1. The summed E-state index contributed by atoms with van der Waals surface area (Å²) in [5.74, 6) is 0. The van der Waals surface area contributed by atoms with Gasteiger partial charge in [0.1, 0.15) is 12.7 Å². The van der Waals surface area contributed by atoms with E-state index in [1.807, 2.05) is 17.8 Å². The Hall–Kier alpha value is -1.27. The van der Waals surface area contributed by atoms with Crippen molar-refractivity contribution in [2.24, 2.45) is 0 Å². The molecule has 5 nitrogen and oxygen atoms in total. The van der Waals surface area contributed by atoms with E-state index in [2.05, 4.69) is 27.3 Å². The molecule has 0 bridgehead atoms. The molecule has 86 valence electrons. The van der Waals surface area contributed by atoms with Crippen molar-refractivity contribution in [1.29, 1.82) is 0 Å². The average molecular weight is 237 g/mol. The Bertz CT molecular complexity index is 422. The van der Waals surface area contributed by atoms with E-state index in [1.165, 1.54) is 4.88 Å². The fourth-order valence-electron chi connectivity index (χ4n) is 1.42. The zero-order chi connectivity index (χ0) is 11.4. The van der Waals surface area contributed by atoms with Crippen molar-refractivity contribution in [3.63, 3.8) is 0 Å². The zero-order valence-corrected chi connectivity index (χ0v) is 10.2. The molecule has 6 heteroatoms. The maximum Gasteiger partial charge on any atom is 0.137 e. The smallest absolute Gasteiger partial charge is 0.137 e. The molecule has 2 rings (SSSR count). The number of nitrogens with zero attached hydrogens (tertiary/aromatic N) is 4. The quantitative estimate of drug-likeness (QED) is 0.854. The predicted molar refractivity (Wildman–Crippen MR) is 63.3 cm³/mol. The molecule has 0 aliphatic rings. The van der Waals surface area contributed by atoms with Crippen molar-refractivity contribution in [2.75, 3.05) is 6.54 Å². The lowest BCUT2D eigenvalue weighted by Crippen LogP contribution is -2.22. The summed E-state index contributed by atoms with van der Waals surface area (Å²) in [6.45, 7) is 5.88. The first-order valence-corrected chi connectivity index (χ1v) is 6.05. The van der Waals surface area contributed by atoms with Gasteiger partial charge in [0.25, 0.3) is 0 Å². The number of hydrogen-bond acceptors (Lipinski definition) is 5. The van der Waals surface area contributed by atoms with Gasteiger partial charge < -0.3 is 5.32 Å². The Kier molecular flexibility index (Phi) is 3.63. The number of aromatic nitrogens is 4. The van der Waals surface area contributed by atoms with Crippen LogP contribution < -0.4 is 5.32 Å². The number of aryl methyl sites for hydroxylation is 1. The van der Waals surface area contributed by atoms with Crippen LogP contribution in [-0.4, -0.2) is 26.3 Å². The topological polar surface area (TPSA) is 55.6 Å². The van der Waals surface area contributed by atoms with E-state index in [1.54, 1.807) is 24.0 Å². The molecule has 0 saturated carbocycles. The van der Waals surface area contributed by atoms with Crippen LogP contribution in [-0.2, 0) is 6.54 Å². The molecule has 1 N–H and O–H groups in total. The first-order chi connectivity index (χ1) is 7.75. The van der Waals surface area contributed by atoms with Crippen LogP contribution in [0, 0.1) is 6.92 Å². The third kappa shape index (κ3) is 2.86. The minimum absolute atomic E-state index is 0.342. The third-order valence-electron chi connectivity index (χ3n) is 2.32. The lowest BCUT2D eigenvalue weighted by Gasteiger charge is -2.11. The van der Waals surface area contributed by atoms with Crippen molar-refractivity contribution in [2.45, 2.75) is 26.4 Å². The van der Waals surface area contributed by atoms with E-state index in [4.69, 9.17) is 0 Å². The normalized spacial score (nSPS) is 12.9. The van der Waals surface area contributed by atoms with E-state index in [0.717, 1.165) is 18.1 Å². The molecule has 16 heavy (non-hydrogen) atoms. The fraction of sp³-hybridized carbons (Fsp3) is 0.500. The van der Waals surface area contributed by atoms with Crippen LogP contribution >= 0.6 is 11.3 Å². The summed E-state index contributed by atoms with van der Waals surface area (Å²) in [7, 11) is 0. The zero-order valence-electron chi connectivity index (χ0n) is 9.42. The summed E-state index contributed by atoms with van der Waals surface area (Å²) in [5, 5.41) is 8.59. The van der Waals surface area contributed by atoms with Crippen LogP contribution in [0.5, 0.6) is 0 Å². The number of thiazole rings is 1. The summed E-state index contributed by atoms with van der Waals surface area (Å²) in [4.78, 5) is 9.42. The first kappa shape index (κ1) is 11.2. The van der Waals surface area contributed by atoms with Crippen LogP contribution in [0.15, 0.2) is 18.9 Å². The van der Waals surface area contributed by atoms with Crippen LogP contribution in [0.1, 0.15) is 22.9 Å². The van der Waals surface area contributed by atoms with Gasteiger partial charge in [-0.2, -0.15) is 5.10 Å². The second-order valence-corrected chi connectivity index (χ2v) is 4.88. The highest BCUT2D eigenvalue weighted by Gasteiger charge is 2.07. The Labute approximate surface area is 98.5 Å². The standard InChI is InChI=1S/C10H15N5S/c1-8(10-5-13-9(2)16-10)12-3-4-15-7-11-6-14-15/h5-8,12H,3-4H2,1-2H3. The van der Waals surface area contributed by atoms with E-state index in [9.17, 15) is 0 Å². The van der Waals surface area contributed by atoms with Gasteiger partial charge in [0, 0.05) is 23.7 Å². The van der Waals surface area contributed by atoms with Gasteiger partial charge in [-0.25, -0.2) is 9.97 Å². The van der Waals surface area contributed by atoms with Crippen molar-refractivity contribution >= 4 is 11.3 Å². The maximum atomic E-state index is 4.25. The molecule has 0 radical (unpaired) electrons. The Balaban J connectivity index is 1.78. The lowest BCUT2D eigenvalue weighted by atomic mass is 10.3. The van der Waals surface area contributed by atoms with Crippen LogP contribution in [0.25, 0.3) is 0 Å². The average Bonchev–Trinajstić information content (AvgIpc) is 2.89. The Morgan fingerprint density at radius 3 is 3.06 bits per heavy atom. The summed E-state index contributed by atoms with van der Waals surface area (Å²) in [5.41, 5.74) is 0. The van der Waals surface area contributed by atoms with Crippen molar-refractivity contribution < 1.29 is 0 Å². The van der Waals surface area contributed by atoms with Crippen LogP contribution in [0.3, 0.4) is 0 Å². The monoisotopic (exact) mass is 237 g/mol. The molecule has 0 spiro atoms. The Morgan fingerprint density at radius 2 is 2.44 bits per heavy atom. The largest absolute Gasteiger partial charge is 0.308 e. The van der Waals surface area contributed by atoms with E-state index < -0.39 is 0 Å².